The van der Waals surface area contributed by atoms with Crippen LogP contribution in [0, 0.1) is 23.7 Å². The molecule has 0 spiro atoms. The highest BCUT2D eigenvalue weighted by atomic mass is 16.6. The molecule has 0 amide bonds. The Morgan fingerprint density at radius 2 is 1.14 bits per heavy atom. The molecule has 2 heteroatoms. The lowest BCUT2D eigenvalue weighted by molar-refractivity contribution is 0.0537. The Labute approximate surface area is 87.0 Å². The maximum absolute atomic E-state index is 5.90. The van der Waals surface area contributed by atoms with Crippen molar-refractivity contribution in [3.05, 3.63) is 0 Å². The maximum Gasteiger partial charge on any atom is 0.0893 e. The normalized spacial score (nSPS) is 42.4. The van der Waals surface area contributed by atoms with Crippen LogP contribution in [0.1, 0.15) is 27.7 Å². The van der Waals surface area contributed by atoms with E-state index in [1.54, 1.807) is 0 Å². The van der Waals surface area contributed by atoms with Crippen LogP contribution in [0.3, 0.4) is 0 Å². The quantitative estimate of drug-likeness (QED) is 0.678. The molecule has 0 saturated carbocycles. The van der Waals surface area contributed by atoms with E-state index in [2.05, 4.69) is 27.7 Å². The summed E-state index contributed by atoms with van der Waals surface area (Å²) in [4.78, 5) is 0. The standard InChI is InChI=1S/C12H22O2/c1-7(2)9-5-13-12-10(8(3)4)6-14-11(9)12/h7-12H,5-6H2,1-4H3/t9-,10+,11?,12?. The van der Waals surface area contributed by atoms with Crippen molar-refractivity contribution in [2.75, 3.05) is 13.2 Å². The molecule has 0 N–H and O–H groups in total. The molecule has 0 aromatic rings. The molecule has 2 aliphatic heterocycles. The first-order chi connectivity index (χ1) is 6.61. The fourth-order valence-corrected chi connectivity index (χ4v) is 2.70. The molecule has 2 nitrogen and oxygen atoms in total. The number of fused-ring (bicyclic) bond motifs is 1. The molecular weight excluding hydrogens is 176 g/mol. The van der Waals surface area contributed by atoms with Crippen molar-refractivity contribution in [3.63, 3.8) is 0 Å². The van der Waals surface area contributed by atoms with Gasteiger partial charge in [0.25, 0.3) is 0 Å². The molecule has 2 unspecified atom stereocenters. The highest BCUT2D eigenvalue weighted by molar-refractivity contribution is 4.95. The second-order valence-corrected chi connectivity index (χ2v) is 5.41. The lowest BCUT2D eigenvalue weighted by Gasteiger charge is -2.20. The molecule has 2 rings (SSSR count). The van der Waals surface area contributed by atoms with E-state index in [1.165, 1.54) is 0 Å². The van der Waals surface area contributed by atoms with Gasteiger partial charge in [0.1, 0.15) is 0 Å². The van der Waals surface area contributed by atoms with Crippen molar-refractivity contribution < 1.29 is 9.47 Å². The van der Waals surface area contributed by atoms with Crippen LogP contribution in [0.25, 0.3) is 0 Å². The summed E-state index contributed by atoms with van der Waals surface area (Å²) < 4.78 is 11.8. The SMILES string of the molecule is CC(C)[C@H]1COC2C1OC[C@H]2C(C)C. The van der Waals surface area contributed by atoms with E-state index in [0.717, 1.165) is 13.2 Å². The van der Waals surface area contributed by atoms with Crippen LogP contribution in [0.2, 0.25) is 0 Å². The molecule has 0 aromatic carbocycles. The van der Waals surface area contributed by atoms with Gasteiger partial charge in [0.05, 0.1) is 25.4 Å². The lowest BCUT2D eigenvalue weighted by atomic mass is 9.85. The van der Waals surface area contributed by atoms with Crippen molar-refractivity contribution in [3.8, 4) is 0 Å². The minimum atomic E-state index is 0.377. The number of hydrogen-bond acceptors (Lipinski definition) is 2. The van der Waals surface area contributed by atoms with E-state index >= 15 is 0 Å². The largest absolute Gasteiger partial charge is 0.375 e. The summed E-state index contributed by atoms with van der Waals surface area (Å²) in [5.74, 6) is 2.58. The van der Waals surface area contributed by atoms with E-state index in [0.29, 0.717) is 35.9 Å². The first-order valence-corrected chi connectivity index (χ1v) is 5.84. The van der Waals surface area contributed by atoms with Gasteiger partial charge in [-0.05, 0) is 11.8 Å². The van der Waals surface area contributed by atoms with Gasteiger partial charge in [-0.3, -0.25) is 0 Å². The van der Waals surface area contributed by atoms with Crippen LogP contribution >= 0.6 is 0 Å². The molecule has 0 aliphatic carbocycles. The first-order valence-electron chi connectivity index (χ1n) is 5.84. The summed E-state index contributed by atoms with van der Waals surface area (Å²) >= 11 is 0. The zero-order valence-corrected chi connectivity index (χ0v) is 9.69. The van der Waals surface area contributed by atoms with Crippen molar-refractivity contribution in [2.24, 2.45) is 23.7 Å². The Hall–Kier alpha value is -0.0800. The second-order valence-electron chi connectivity index (χ2n) is 5.41. The van der Waals surface area contributed by atoms with Crippen LogP contribution in [0.4, 0.5) is 0 Å². The molecule has 82 valence electrons. The Kier molecular flexibility index (Phi) is 2.85. The highest BCUT2D eigenvalue weighted by Gasteiger charge is 2.48. The third-order valence-electron chi connectivity index (χ3n) is 3.84. The Morgan fingerprint density at radius 1 is 0.786 bits per heavy atom. The van der Waals surface area contributed by atoms with E-state index < -0.39 is 0 Å². The summed E-state index contributed by atoms with van der Waals surface area (Å²) in [6, 6.07) is 0. The molecule has 2 aliphatic rings. The maximum atomic E-state index is 5.90. The number of rotatable bonds is 2. The van der Waals surface area contributed by atoms with Crippen molar-refractivity contribution in [2.45, 2.75) is 39.9 Å². The van der Waals surface area contributed by atoms with Gasteiger partial charge in [-0.2, -0.15) is 0 Å². The molecule has 14 heavy (non-hydrogen) atoms. The molecule has 2 saturated heterocycles. The van der Waals surface area contributed by atoms with Gasteiger partial charge in [-0.25, -0.2) is 0 Å². The minimum Gasteiger partial charge on any atom is -0.375 e. The topological polar surface area (TPSA) is 18.5 Å². The molecule has 0 bridgehead atoms. The summed E-state index contributed by atoms with van der Waals surface area (Å²) in [6.45, 7) is 10.9. The lowest BCUT2D eigenvalue weighted by Crippen LogP contribution is -2.30. The fourth-order valence-electron chi connectivity index (χ4n) is 2.70. The smallest absolute Gasteiger partial charge is 0.0893 e. The van der Waals surface area contributed by atoms with Gasteiger partial charge >= 0.3 is 0 Å². The predicted molar refractivity (Wildman–Crippen MR) is 56.1 cm³/mol. The van der Waals surface area contributed by atoms with Gasteiger partial charge in [0, 0.05) is 11.8 Å². The van der Waals surface area contributed by atoms with Gasteiger partial charge in [-0.15, -0.1) is 0 Å². The predicted octanol–water partition coefficient (Wildman–Crippen LogP) is 2.33. The van der Waals surface area contributed by atoms with E-state index in [1.807, 2.05) is 0 Å². The molecule has 2 heterocycles. The average molecular weight is 198 g/mol. The van der Waals surface area contributed by atoms with E-state index in [9.17, 15) is 0 Å². The molecule has 2 fully saturated rings. The van der Waals surface area contributed by atoms with E-state index in [-0.39, 0.29) is 0 Å². The second kappa shape index (κ2) is 3.82. The van der Waals surface area contributed by atoms with Crippen LogP contribution in [-0.4, -0.2) is 25.4 Å². The van der Waals surface area contributed by atoms with Gasteiger partial charge in [-0.1, -0.05) is 27.7 Å². The zero-order valence-electron chi connectivity index (χ0n) is 9.69. The molecule has 0 aromatic heterocycles. The zero-order chi connectivity index (χ0) is 10.3. The van der Waals surface area contributed by atoms with Crippen LogP contribution < -0.4 is 0 Å². The van der Waals surface area contributed by atoms with Crippen LogP contribution in [0.5, 0.6) is 0 Å². The third-order valence-corrected chi connectivity index (χ3v) is 3.84. The molecule has 0 radical (unpaired) electrons. The van der Waals surface area contributed by atoms with Crippen LogP contribution in [-0.2, 0) is 9.47 Å². The highest BCUT2D eigenvalue weighted by Crippen LogP contribution is 2.40. The third kappa shape index (κ3) is 1.59. The first kappa shape index (κ1) is 10.4. The van der Waals surface area contributed by atoms with Gasteiger partial charge in [0.2, 0.25) is 0 Å². The van der Waals surface area contributed by atoms with Crippen LogP contribution in [0.15, 0.2) is 0 Å². The summed E-state index contributed by atoms with van der Waals surface area (Å²) in [6.07, 6.45) is 0.754. The van der Waals surface area contributed by atoms with Gasteiger partial charge in [0.15, 0.2) is 0 Å². The Morgan fingerprint density at radius 3 is 1.43 bits per heavy atom. The van der Waals surface area contributed by atoms with Crippen molar-refractivity contribution in [1.29, 1.82) is 0 Å². The van der Waals surface area contributed by atoms with E-state index in [4.69, 9.17) is 9.47 Å². The molecular formula is C12H22O2. The minimum absolute atomic E-state index is 0.377. The monoisotopic (exact) mass is 198 g/mol. The Balaban J connectivity index is 2.04. The number of ether oxygens (including phenoxy) is 2. The summed E-state index contributed by atoms with van der Waals surface area (Å²) in [5.41, 5.74) is 0. The summed E-state index contributed by atoms with van der Waals surface area (Å²) in [5, 5.41) is 0. The fraction of sp³-hybridized carbons (Fsp3) is 1.00. The summed E-state index contributed by atoms with van der Waals surface area (Å²) in [7, 11) is 0. The van der Waals surface area contributed by atoms with Crippen molar-refractivity contribution in [1.82, 2.24) is 0 Å². The Bertz CT molecular complexity index is 178. The average Bonchev–Trinajstić information content (AvgIpc) is 2.59. The van der Waals surface area contributed by atoms with Crippen molar-refractivity contribution >= 4 is 0 Å². The van der Waals surface area contributed by atoms with Gasteiger partial charge < -0.3 is 9.47 Å². The number of hydrogen-bond donors (Lipinski definition) is 0. The molecule has 4 atom stereocenters.